The fourth-order valence-electron chi connectivity index (χ4n) is 6.40. The molecule has 2 bridgehead atoms. The number of Topliss-reactive ketones (excluding diaryl/α,β-unsaturated/α-hetero) is 1. The van der Waals surface area contributed by atoms with Gasteiger partial charge in [-0.25, -0.2) is 4.98 Å². The maximum absolute atomic E-state index is 13.2. The summed E-state index contributed by atoms with van der Waals surface area (Å²) in [7, 11) is 0. The molecular weight excluding hydrogens is 506 g/mol. The van der Waals surface area contributed by atoms with Gasteiger partial charge in [0.15, 0.2) is 11.4 Å². The Kier molecular flexibility index (Phi) is 5.65. The molecule has 6 heterocycles. The number of fused-ring (bicyclic) bond motifs is 3. The zero-order valence-electron chi connectivity index (χ0n) is 21.9. The summed E-state index contributed by atoms with van der Waals surface area (Å²) in [5, 5.41) is 14.6. The number of nitrogen functional groups attached to an aromatic ring is 1. The average Bonchev–Trinajstić information content (AvgIpc) is 3.71. The van der Waals surface area contributed by atoms with Gasteiger partial charge >= 0.3 is 0 Å². The van der Waals surface area contributed by atoms with Crippen molar-refractivity contribution in [2.45, 2.75) is 50.6 Å². The van der Waals surface area contributed by atoms with E-state index < -0.39 is 0 Å². The lowest BCUT2D eigenvalue weighted by atomic mass is 9.85. The maximum atomic E-state index is 13.2. The van der Waals surface area contributed by atoms with Gasteiger partial charge in [0.2, 0.25) is 0 Å². The Morgan fingerprint density at radius 2 is 1.75 bits per heavy atom. The molecule has 1 amide bonds. The first-order chi connectivity index (χ1) is 19.5. The van der Waals surface area contributed by atoms with Crippen LogP contribution >= 0.6 is 0 Å². The molecule has 200 valence electrons. The minimum Gasteiger partial charge on any atom is -0.383 e. The molecule has 0 saturated carbocycles. The fourth-order valence-corrected chi connectivity index (χ4v) is 6.40. The zero-order chi connectivity index (χ0) is 27.4. The topological polar surface area (TPSA) is 148 Å². The largest absolute Gasteiger partial charge is 0.383 e. The molecule has 2 saturated heterocycles. The summed E-state index contributed by atoms with van der Waals surface area (Å²) in [4.78, 5) is 37.7. The Morgan fingerprint density at radius 3 is 2.40 bits per heavy atom. The minimum absolute atomic E-state index is 0.0195. The predicted octanol–water partition coefficient (Wildman–Crippen LogP) is 3.91. The molecule has 4 aromatic heterocycles. The van der Waals surface area contributed by atoms with Crippen molar-refractivity contribution in [3.8, 4) is 22.4 Å². The van der Waals surface area contributed by atoms with E-state index in [0.29, 0.717) is 35.4 Å². The lowest BCUT2D eigenvalue weighted by Crippen LogP contribution is -2.46. The van der Waals surface area contributed by atoms with Gasteiger partial charge in [-0.15, -0.1) is 5.10 Å². The Balaban J connectivity index is 1.26. The molecule has 0 spiro atoms. The summed E-state index contributed by atoms with van der Waals surface area (Å²) in [6.07, 6.45) is 8.19. The highest BCUT2D eigenvalue weighted by Gasteiger charge is 2.45. The van der Waals surface area contributed by atoms with Gasteiger partial charge in [0.1, 0.15) is 11.5 Å². The third-order valence-corrected chi connectivity index (χ3v) is 8.21. The van der Waals surface area contributed by atoms with Gasteiger partial charge in [0, 0.05) is 40.9 Å². The van der Waals surface area contributed by atoms with Crippen molar-refractivity contribution in [3.05, 3.63) is 78.0 Å². The standard InChI is InChI=1S/C29H27N9O2/c1-16(39)25-26(19-11-20-8-9-21(12-19)37(20)29(40)24-15-32-36-35-24)34-28-22(14-33-38(28)27(25)30)18-7-10-23(31-13-18)17-5-3-2-4-6-17/h2-7,10,13-15,19-21H,8-9,11-12,30H2,1H3,(H,32,35,36)/t19?,20-,21+. The molecule has 2 aliphatic rings. The van der Waals surface area contributed by atoms with Crippen molar-refractivity contribution >= 4 is 23.2 Å². The van der Waals surface area contributed by atoms with Crippen molar-refractivity contribution in [3.63, 3.8) is 0 Å². The summed E-state index contributed by atoms with van der Waals surface area (Å²) in [5.74, 6) is 0.0217. The van der Waals surface area contributed by atoms with Crippen LogP contribution in [0.2, 0.25) is 0 Å². The van der Waals surface area contributed by atoms with Crippen LogP contribution in [0, 0.1) is 0 Å². The number of pyridine rings is 1. The lowest BCUT2D eigenvalue weighted by molar-refractivity contribution is 0.0562. The number of nitrogens with one attached hydrogen (secondary N) is 1. The number of anilines is 1. The van der Waals surface area contributed by atoms with E-state index in [1.807, 2.05) is 53.6 Å². The number of amides is 1. The van der Waals surface area contributed by atoms with Gasteiger partial charge in [0.25, 0.3) is 5.91 Å². The second-order valence-corrected chi connectivity index (χ2v) is 10.5. The van der Waals surface area contributed by atoms with Crippen LogP contribution in [0.25, 0.3) is 28.0 Å². The summed E-state index contributed by atoms with van der Waals surface area (Å²) < 4.78 is 1.54. The first-order valence-corrected chi connectivity index (χ1v) is 13.4. The highest BCUT2D eigenvalue weighted by molar-refractivity contribution is 6.00. The Labute approximate surface area is 229 Å². The van der Waals surface area contributed by atoms with Gasteiger partial charge < -0.3 is 10.6 Å². The number of hydrogen-bond acceptors (Lipinski definition) is 8. The second-order valence-electron chi connectivity index (χ2n) is 10.5. The summed E-state index contributed by atoms with van der Waals surface area (Å²) in [6.45, 7) is 1.51. The van der Waals surface area contributed by atoms with Crippen LogP contribution in [0.3, 0.4) is 0 Å². The number of carbonyl (C=O) groups excluding carboxylic acids is 2. The van der Waals surface area contributed by atoms with Crippen LogP contribution in [-0.2, 0) is 0 Å². The van der Waals surface area contributed by atoms with Gasteiger partial charge in [-0.1, -0.05) is 41.6 Å². The Hall–Kier alpha value is -4.93. The van der Waals surface area contributed by atoms with Crippen LogP contribution in [0.1, 0.15) is 65.1 Å². The van der Waals surface area contributed by atoms with E-state index in [4.69, 9.17) is 10.7 Å². The van der Waals surface area contributed by atoms with Crippen molar-refractivity contribution in [1.29, 1.82) is 0 Å². The molecule has 1 unspecified atom stereocenters. The van der Waals surface area contributed by atoms with E-state index in [9.17, 15) is 9.59 Å². The number of benzene rings is 1. The number of aromatic nitrogens is 7. The highest BCUT2D eigenvalue weighted by atomic mass is 16.2. The molecule has 0 aliphatic carbocycles. The number of nitrogens with zero attached hydrogens (tertiary/aromatic N) is 7. The highest BCUT2D eigenvalue weighted by Crippen LogP contribution is 2.45. The molecule has 2 aliphatic heterocycles. The smallest absolute Gasteiger partial charge is 0.274 e. The normalized spacial score (nSPS) is 20.2. The minimum atomic E-state index is -0.151. The lowest BCUT2D eigenvalue weighted by Gasteiger charge is -2.39. The van der Waals surface area contributed by atoms with E-state index in [1.54, 1.807) is 10.7 Å². The number of H-pyrrole nitrogens is 1. The molecule has 0 radical (unpaired) electrons. The SMILES string of the molecule is CC(=O)c1c(C2C[C@H]3CC[C@@H](C2)N3C(=O)c2cnn[nH]2)nc2c(-c3ccc(-c4ccccc4)nc3)cnn2c1N. The fraction of sp³-hybridized carbons (Fsp3) is 0.276. The van der Waals surface area contributed by atoms with E-state index in [0.717, 1.165) is 35.2 Å². The third kappa shape index (κ3) is 3.84. The first kappa shape index (κ1) is 24.1. The predicted molar refractivity (Wildman–Crippen MR) is 147 cm³/mol. The molecule has 3 atom stereocenters. The summed E-state index contributed by atoms with van der Waals surface area (Å²) in [6, 6.07) is 14.0. The number of carbonyl (C=O) groups is 2. The van der Waals surface area contributed by atoms with Crippen molar-refractivity contribution in [2.24, 2.45) is 0 Å². The van der Waals surface area contributed by atoms with Gasteiger partial charge in [-0.05, 0) is 38.7 Å². The number of hydrogen-bond donors (Lipinski definition) is 2. The van der Waals surface area contributed by atoms with Crippen molar-refractivity contribution < 1.29 is 9.59 Å². The van der Waals surface area contributed by atoms with Crippen LogP contribution < -0.4 is 5.73 Å². The van der Waals surface area contributed by atoms with Crippen LogP contribution in [-0.4, -0.2) is 63.7 Å². The van der Waals surface area contributed by atoms with Crippen LogP contribution in [0.4, 0.5) is 5.82 Å². The van der Waals surface area contributed by atoms with E-state index >= 15 is 0 Å². The number of aromatic amines is 1. The molecular formula is C29H27N9O2. The Morgan fingerprint density at radius 1 is 0.975 bits per heavy atom. The average molecular weight is 534 g/mol. The summed E-state index contributed by atoms with van der Waals surface area (Å²) in [5.41, 5.74) is 12.2. The molecule has 3 N–H and O–H groups in total. The van der Waals surface area contributed by atoms with Gasteiger partial charge in [-0.3, -0.25) is 19.7 Å². The molecule has 11 heteroatoms. The number of nitrogens with two attached hydrogens (primary N) is 1. The van der Waals surface area contributed by atoms with Crippen LogP contribution in [0.15, 0.2) is 61.1 Å². The maximum Gasteiger partial charge on any atom is 0.274 e. The molecule has 40 heavy (non-hydrogen) atoms. The molecule has 1 aromatic carbocycles. The molecule has 5 aromatic rings. The van der Waals surface area contributed by atoms with Crippen molar-refractivity contribution in [2.75, 3.05) is 5.73 Å². The number of rotatable bonds is 5. The third-order valence-electron chi connectivity index (χ3n) is 8.21. The Bertz CT molecular complexity index is 1720. The molecule has 7 rings (SSSR count). The number of ketones is 1. The van der Waals surface area contributed by atoms with Crippen molar-refractivity contribution in [1.82, 2.24) is 39.9 Å². The van der Waals surface area contributed by atoms with E-state index in [2.05, 4.69) is 25.5 Å². The van der Waals surface area contributed by atoms with Gasteiger partial charge in [0.05, 0.1) is 29.3 Å². The molecule has 2 fully saturated rings. The molecule has 11 nitrogen and oxygen atoms in total. The quantitative estimate of drug-likeness (QED) is 0.323. The zero-order valence-corrected chi connectivity index (χ0v) is 21.9. The van der Waals surface area contributed by atoms with E-state index in [1.165, 1.54) is 13.1 Å². The monoisotopic (exact) mass is 533 g/mol. The first-order valence-electron chi connectivity index (χ1n) is 13.4. The van der Waals surface area contributed by atoms with Gasteiger partial charge in [-0.2, -0.15) is 9.61 Å². The van der Waals surface area contributed by atoms with Crippen LogP contribution in [0.5, 0.6) is 0 Å². The number of piperidine rings is 1. The van der Waals surface area contributed by atoms with E-state index in [-0.39, 0.29) is 35.5 Å². The summed E-state index contributed by atoms with van der Waals surface area (Å²) >= 11 is 0. The second kappa shape index (κ2) is 9.37.